The van der Waals surface area contributed by atoms with E-state index in [9.17, 15) is 17.2 Å². The summed E-state index contributed by atoms with van der Waals surface area (Å²) in [6.07, 6.45) is 0.656. The summed E-state index contributed by atoms with van der Waals surface area (Å²) in [7, 11) is -3.69. The minimum absolute atomic E-state index is 0.0669. The molecule has 0 radical (unpaired) electrons. The first-order valence-electron chi connectivity index (χ1n) is 7.21. The van der Waals surface area contributed by atoms with Crippen molar-refractivity contribution in [2.75, 3.05) is 6.54 Å². The lowest BCUT2D eigenvalue weighted by Gasteiger charge is -2.11. The van der Waals surface area contributed by atoms with Crippen LogP contribution in [0.15, 0.2) is 53.4 Å². The largest absolute Gasteiger partial charge is 0.434 e. The number of ether oxygens (including phenoxy) is 1. The van der Waals surface area contributed by atoms with E-state index in [0.29, 0.717) is 25.1 Å². The van der Waals surface area contributed by atoms with Gasteiger partial charge in [0.1, 0.15) is 5.75 Å². The van der Waals surface area contributed by atoms with Gasteiger partial charge in [0.05, 0.1) is 4.90 Å². The molecule has 0 bridgehead atoms. The summed E-state index contributed by atoms with van der Waals surface area (Å²) in [6.45, 7) is -1.88. The molecule has 0 aliphatic rings. The number of sulfonamides is 1. The zero-order valence-electron chi connectivity index (χ0n) is 12.8. The average Bonchev–Trinajstić information content (AvgIpc) is 2.52. The second kappa shape index (κ2) is 8.18. The predicted octanol–water partition coefficient (Wildman–Crippen LogP) is 2.27. The van der Waals surface area contributed by atoms with Gasteiger partial charge in [0.15, 0.2) is 0 Å². The minimum atomic E-state index is -3.69. The van der Waals surface area contributed by atoms with E-state index in [0.717, 1.165) is 5.56 Å². The molecule has 2 aromatic rings. The van der Waals surface area contributed by atoms with Crippen molar-refractivity contribution in [2.45, 2.75) is 24.5 Å². The van der Waals surface area contributed by atoms with Gasteiger partial charge in [-0.1, -0.05) is 30.3 Å². The van der Waals surface area contributed by atoms with Crippen LogP contribution in [-0.4, -0.2) is 21.6 Å². The summed E-state index contributed by atoms with van der Waals surface area (Å²) in [5, 5.41) is 8.18. The van der Waals surface area contributed by atoms with Gasteiger partial charge in [-0.2, -0.15) is 8.78 Å². The molecule has 2 rings (SSSR count). The third-order valence-corrected chi connectivity index (χ3v) is 4.28. The Morgan fingerprint density at radius 1 is 1.08 bits per heavy atom. The van der Waals surface area contributed by atoms with Crippen molar-refractivity contribution >= 4 is 10.0 Å². The van der Waals surface area contributed by atoms with Crippen molar-refractivity contribution in [1.82, 2.24) is 5.32 Å². The fourth-order valence-corrected chi connectivity index (χ4v) is 2.68. The van der Waals surface area contributed by atoms with Crippen molar-refractivity contribution < 1.29 is 21.9 Å². The van der Waals surface area contributed by atoms with Gasteiger partial charge in [-0.15, -0.1) is 0 Å². The second-order valence-electron chi connectivity index (χ2n) is 5.10. The van der Waals surface area contributed by atoms with E-state index in [2.05, 4.69) is 10.1 Å². The zero-order chi connectivity index (χ0) is 17.6. The van der Waals surface area contributed by atoms with Gasteiger partial charge in [-0.3, -0.25) is 0 Å². The molecule has 0 aliphatic heterocycles. The number of hydrogen-bond donors (Lipinski definition) is 2. The molecule has 8 heteroatoms. The summed E-state index contributed by atoms with van der Waals surface area (Å²) in [4.78, 5) is 0.0669. The highest BCUT2D eigenvalue weighted by atomic mass is 32.2. The normalized spacial score (nSPS) is 11.7. The molecule has 0 aliphatic carbocycles. The molecule has 0 saturated heterocycles. The Labute approximate surface area is 139 Å². The SMILES string of the molecule is NS(=O)(=O)c1ccc(CCNCc2ccccc2OC(F)F)cc1. The number of benzene rings is 2. The number of nitrogens with two attached hydrogens (primary N) is 1. The van der Waals surface area contributed by atoms with E-state index in [1.807, 2.05) is 0 Å². The third kappa shape index (κ3) is 5.55. The van der Waals surface area contributed by atoms with E-state index >= 15 is 0 Å². The van der Waals surface area contributed by atoms with Crippen molar-refractivity contribution in [2.24, 2.45) is 5.14 Å². The van der Waals surface area contributed by atoms with Gasteiger partial charge >= 0.3 is 6.61 Å². The molecular weight excluding hydrogens is 338 g/mol. The fourth-order valence-electron chi connectivity index (χ4n) is 2.16. The molecule has 0 spiro atoms. The van der Waals surface area contributed by atoms with Gasteiger partial charge in [0, 0.05) is 12.1 Å². The molecule has 0 saturated carbocycles. The Kier molecular flexibility index (Phi) is 6.24. The van der Waals surface area contributed by atoms with Gasteiger partial charge < -0.3 is 10.1 Å². The maximum atomic E-state index is 12.3. The molecule has 0 heterocycles. The maximum Gasteiger partial charge on any atom is 0.387 e. The standard InChI is InChI=1S/C16H18F2N2O3S/c17-16(18)23-15-4-2-1-3-13(15)11-20-10-9-12-5-7-14(8-6-12)24(19,21)22/h1-8,16,20H,9-11H2,(H2,19,21,22). The Morgan fingerprint density at radius 3 is 2.38 bits per heavy atom. The number of halogens is 2. The van der Waals surface area contributed by atoms with Crippen LogP contribution < -0.4 is 15.2 Å². The topological polar surface area (TPSA) is 81.4 Å². The van der Waals surface area contributed by atoms with Crippen LogP contribution in [0, 0.1) is 0 Å². The summed E-state index contributed by atoms with van der Waals surface area (Å²) in [5.41, 5.74) is 1.58. The first kappa shape index (κ1) is 18.3. The lowest BCUT2D eigenvalue weighted by atomic mass is 10.1. The molecular formula is C16H18F2N2O3S. The Morgan fingerprint density at radius 2 is 1.75 bits per heavy atom. The fraction of sp³-hybridized carbons (Fsp3) is 0.250. The minimum Gasteiger partial charge on any atom is -0.434 e. The van der Waals surface area contributed by atoms with Crippen molar-refractivity contribution in [3.8, 4) is 5.75 Å². The van der Waals surface area contributed by atoms with E-state index in [1.165, 1.54) is 18.2 Å². The van der Waals surface area contributed by atoms with Crippen LogP contribution in [0.3, 0.4) is 0 Å². The molecule has 0 fully saturated rings. The van der Waals surface area contributed by atoms with E-state index < -0.39 is 16.6 Å². The molecule has 5 nitrogen and oxygen atoms in total. The van der Waals surface area contributed by atoms with E-state index in [-0.39, 0.29) is 10.6 Å². The van der Waals surface area contributed by atoms with Gasteiger partial charge in [0.2, 0.25) is 10.0 Å². The maximum absolute atomic E-state index is 12.3. The number of hydrogen-bond acceptors (Lipinski definition) is 4. The van der Waals surface area contributed by atoms with Crippen LogP contribution in [0.5, 0.6) is 5.75 Å². The molecule has 0 aromatic heterocycles. The highest BCUT2D eigenvalue weighted by molar-refractivity contribution is 7.89. The Bertz CT molecular complexity index is 765. The van der Waals surface area contributed by atoms with Gasteiger partial charge in [-0.05, 0) is 36.7 Å². The molecule has 3 N–H and O–H groups in total. The monoisotopic (exact) mass is 356 g/mol. The zero-order valence-corrected chi connectivity index (χ0v) is 13.6. The van der Waals surface area contributed by atoms with Crippen molar-refractivity contribution in [1.29, 1.82) is 0 Å². The Balaban J connectivity index is 1.85. The third-order valence-electron chi connectivity index (χ3n) is 3.35. The smallest absolute Gasteiger partial charge is 0.387 e. The van der Waals surface area contributed by atoms with Crippen molar-refractivity contribution in [3.05, 3.63) is 59.7 Å². The number of para-hydroxylation sites is 1. The highest BCUT2D eigenvalue weighted by Crippen LogP contribution is 2.19. The van der Waals surface area contributed by atoms with E-state index in [1.54, 1.807) is 30.3 Å². The quantitative estimate of drug-likeness (QED) is 0.711. The first-order chi connectivity index (χ1) is 11.4. The summed E-state index contributed by atoms with van der Waals surface area (Å²) in [6, 6.07) is 12.9. The van der Waals surface area contributed by atoms with E-state index in [4.69, 9.17) is 5.14 Å². The number of alkyl halides is 2. The van der Waals surface area contributed by atoms with Crippen LogP contribution in [0.4, 0.5) is 8.78 Å². The molecule has 130 valence electrons. The number of primary sulfonamides is 1. The number of rotatable bonds is 8. The molecule has 24 heavy (non-hydrogen) atoms. The van der Waals surface area contributed by atoms with Crippen LogP contribution in [0.2, 0.25) is 0 Å². The van der Waals surface area contributed by atoms with Crippen LogP contribution >= 0.6 is 0 Å². The van der Waals surface area contributed by atoms with Gasteiger partial charge in [-0.25, -0.2) is 13.6 Å². The summed E-state index contributed by atoms with van der Waals surface area (Å²) in [5.74, 6) is 0.150. The molecule has 0 amide bonds. The predicted molar refractivity (Wildman–Crippen MR) is 86.3 cm³/mol. The van der Waals surface area contributed by atoms with Gasteiger partial charge in [0.25, 0.3) is 0 Å². The first-order valence-corrected chi connectivity index (χ1v) is 8.76. The second-order valence-corrected chi connectivity index (χ2v) is 6.66. The van der Waals surface area contributed by atoms with Crippen LogP contribution in [-0.2, 0) is 23.0 Å². The van der Waals surface area contributed by atoms with Crippen LogP contribution in [0.1, 0.15) is 11.1 Å². The summed E-state index contributed by atoms with van der Waals surface area (Å²) < 4.78 is 51.5. The van der Waals surface area contributed by atoms with Crippen LogP contribution in [0.25, 0.3) is 0 Å². The lowest BCUT2D eigenvalue weighted by molar-refractivity contribution is -0.0504. The Hall–Kier alpha value is -2.03. The van der Waals surface area contributed by atoms with Crippen molar-refractivity contribution in [3.63, 3.8) is 0 Å². The lowest BCUT2D eigenvalue weighted by Crippen LogP contribution is -2.18. The summed E-state index contributed by atoms with van der Waals surface area (Å²) >= 11 is 0. The molecule has 2 aromatic carbocycles. The number of nitrogens with one attached hydrogen (secondary N) is 1. The highest BCUT2D eigenvalue weighted by Gasteiger charge is 2.09. The molecule has 0 atom stereocenters. The average molecular weight is 356 g/mol. The molecule has 0 unspecified atom stereocenters.